The van der Waals surface area contributed by atoms with E-state index < -0.39 is 11.1 Å². The van der Waals surface area contributed by atoms with Gasteiger partial charge in [0.15, 0.2) is 0 Å². The summed E-state index contributed by atoms with van der Waals surface area (Å²) in [5, 5.41) is 10.3. The molecule has 1 saturated carbocycles. The standard InChI is InChI=1S/C12H12N4O3/c17-10-7-2-1-3-8(9(7)11(18)16-15-10)14-12(19)13-6-4-5-6/h1-3,6H,4-5H2,(H,15,17)(H,16,18)(H2,13,14,19). The quantitative estimate of drug-likeness (QED) is 0.631. The van der Waals surface area contributed by atoms with Crippen LogP contribution in [0.3, 0.4) is 0 Å². The lowest BCUT2D eigenvalue weighted by atomic mass is 10.1. The smallest absolute Gasteiger partial charge is 0.319 e. The zero-order valence-corrected chi connectivity index (χ0v) is 9.95. The first kappa shape index (κ1) is 11.5. The third kappa shape index (κ3) is 2.22. The Labute approximate surface area is 107 Å². The number of rotatable bonds is 2. The number of urea groups is 1. The molecule has 1 aromatic heterocycles. The van der Waals surface area contributed by atoms with Gasteiger partial charge in [-0.15, -0.1) is 0 Å². The number of amides is 2. The Hall–Kier alpha value is -2.57. The highest BCUT2D eigenvalue weighted by molar-refractivity contribution is 6.00. The lowest BCUT2D eigenvalue weighted by molar-refractivity contribution is 0.252. The summed E-state index contributed by atoms with van der Waals surface area (Å²) in [6.45, 7) is 0. The van der Waals surface area contributed by atoms with Crippen molar-refractivity contribution in [1.29, 1.82) is 0 Å². The van der Waals surface area contributed by atoms with Gasteiger partial charge in [-0.3, -0.25) is 19.8 Å². The summed E-state index contributed by atoms with van der Waals surface area (Å²) in [7, 11) is 0. The summed E-state index contributed by atoms with van der Waals surface area (Å²) in [4.78, 5) is 35.1. The van der Waals surface area contributed by atoms with E-state index in [0.717, 1.165) is 12.8 Å². The molecule has 98 valence electrons. The SMILES string of the molecule is O=C(Nc1cccc2c(=O)[nH][nH]c(=O)c12)NC1CC1. The highest BCUT2D eigenvalue weighted by atomic mass is 16.2. The van der Waals surface area contributed by atoms with Crippen molar-refractivity contribution in [3.63, 3.8) is 0 Å². The Morgan fingerprint density at radius 2 is 1.89 bits per heavy atom. The van der Waals surface area contributed by atoms with Crippen LogP contribution in [0.25, 0.3) is 10.8 Å². The molecule has 1 aromatic carbocycles. The van der Waals surface area contributed by atoms with Crippen molar-refractivity contribution >= 4 is 22.5 Å². The third-order valence-electron chi connectivity index (χ3n) is 2.99. The second-order valence-electron chi connectivity index (χ2n) is 4.51. The third-order valence-corrected chi connectivity index (χ3v) is 2.99. The number of hydrogen-bond acceptors (Lipinski definition) is 3. The van der Waals surface area contributed by atoms with Gasteiger partial charge in [0.2, 0.25) is 0 Å². The first-order chi connectivity index (χ1) is 9.15. The Balaban J connectivity index is 2.03. The zero-order valence-electron chi connectivity index (χ0n) is 9.95. The summed E-state index contributed by atoms with van der Waals surface area (Å²) < 4.78 is 0. The number of carbonyl (C=O) groups is 1. The Bertz CT molecular complexity index is 757. The summed E-state index contributed by atoms with van der Waals surface area (Å²) >= 11 is 0. The summed E-state index contributed by atoms with van der Waals surface area (Å²) in [6, 6.07) is 4.59. The Kier molecular flexibility index (Phi) is 2.59. The van der Waals surface area contributed by atoms with Gasteiger partial charge >= 0.3 is 6.03 Å². The number of carbonyl (C=O) groups excluding carboxylic acids is 1. The predicted molar refractivity (Wildman–Crippen MR) is 70.4 cm³/mol. The lowest BCUT2D eigenvalue weighted by Gasteiger charge is -2.08. The fourth-order valence-corrected chi connectivity index (χ4v) is 1.91. The van der Waals surface area contributed by atoms with Crippen molar-refractivity contribution < 1.29 is 4.79 Å². The number of aromatic nitrogens is 2. The van der Waals surface area contributed by atoms with Gasteiger partial charge in [-0.25, -0.2) is 4.79 Å². The van der Waals surface area contributed by atoms with Crippen molar-refractivity contribution in [2.75, 3.05) is 5.32 Å². The molecule has 4 N–H and O–H groups in total. The largest absolute Gasteiger partial charge is 0.335 e. The van der Waals surface area contributed by atoms with E-state index in [1.807, 2.05) is 0 Å². The molecule has 1 aliphatic rings. The molecule has 1 heterocycles. The van der Waals surface area contributed by atoms with E-state index in [-0.39, 0.29) is 22.8 Å². The van der Waals surface area contributed by atoms with Gasteiger partial charge in [0, 0.05) is 6.04 Å². The molecule has 0 spiro atoms. The molecule has 0 saturated heterocycles. The van der Waals surface area contributed by atoms with Crippen molar-refractivity contribution in [3.05, 3.63) is 38.9 Å². The summed E-state index contributed by atoms with van der Waals surface area (Å²) in [5.41, 5.74) is -0.527. The van der Waals surface area contributed by atoms with Crippen LogP contribution >= 0.6 is 0 Å². The average molecular weight is 260 g/mol. The molecule has 0 bridgehead atoms. The lowest BCUT2D eigenvalue weighted by Crippen LogP contribution is -2.31. The number of H-pyrrole nitrogens is 2. The zero-order chi connectivity index (χ0) is 13.4. The van der Waals surface area contributed by atoms with Crippen LogP contribution in [-0.4, -0.2) is 22.3 Å². The van der Waals surface area contributed by atoms with Crippen LogP contribution in [0.4, 0.5) is 10.5 Å². The van der Waals surface area contributed by atoms with Crippen molar-refractivity contribution in [2.24, 2.45) is 0 Å². The highest BCUT2D eigenvalue weighted by Gasteiger charge is 2.23. The van der Waals surface area contributed by atoms with Gasteiger partial charge in [0.05, 0.1) is 16.5 Å². The highest BCUT2D eigenvalue weighted by Crippen LogP contribution is 2.20. The summed E-state index contributed by atoms with van der Waals surface area (Å²) in [6.07, 6.45) is 1.95. The molecule has 7 heteroatoms. The topological polar surface area (TPSA) is 107 Å². The van der Waals surface area contributed by atoms with E-state index in [2.05, 4.69) is 20.8 Å². The number of benzene rings is 1. The first-order valence-electron chi connectivity index (χ1n) is 5.96. The summed E-state index contributed by atoms with van der Waals surface area (Å²) in [5.74, 6) is 0. The number of hydrogen-bond donors (Lipinski definition) is 4. The minimum atomic E-state index is -0.447. The minimum absolute atomic E-state index is 0.178. The molecular weight excluding hydrogens is 248 g/mol. The molecule has 19 heavy (non-hydrogen) atoms. The van der Waals surface area contributed by atoms with Crippen LogP contribution in [0.2, 0.25) is 0 Å². The predicted octanol–water partition coefficient (Wildman–Crippen LogP) is 0.500. The fraction of sp³-hybridized carbons (Fsp3) is 0.250. The molecule has 1 fully saturated rings. The second-order valence-corrected chi connectivity index (χ2v) is 4.51. The first-order valence-corrected chi connectivity index (χ1v) is 5.96. The molecule has 0 radical (unpaired) electrons. The monoisotopic (exact) mass is 260 g/mol. The van der Waals surface area contributed by atoms with Crippen LogP contribution in [0.1, 0.15) is 12.8 Å². The molecule has 3 rings (SSSR count). The molecule has 2 aromatic rings. The van der Waals surface area contributed by atoms with Gasteiger partial charge in [-0.1, -0.05) is 6.07 Å². The fourth-order valence-electron chi connectivity index (χ4n) is 1.91. The Morgan fingerprint density at radius 1 is 1.16 bits per heavy atom. The minimum Gasteiger partial charge on any atom is -0.335 e. The van der Waals surface area contributed by atoms with E-state index in [9.17, 15) is 14.4 Å². The van der Waals surface area contributed by atoms with Gasteiger partial charge in [0.25, 0.3) is 11.1 Å². The van der Waals surface area contributed by atoms with Crippen LogP contribution in [0.5, 0.6) is 0 Å². The second kappa shape index (κ2) is 4.27. The van der Waals surface area contributed by atoms with Gasteiger partial charge in [0.1, 0.15) is 0 Å². The van der Waals surface area contributed by atoms with Crippen LogP contribution in [0, 0.1) is 0 Å². The maximum atomic E-state index is 11.8. The van der Waals surface area contributed by atoms with Crippen molar-refractivity contribution in [1.82, 2.24) is 15.5 Å². The molecule has 2 amide bonds. The van der Waals surface area contributed by atoms with Gasteiger partial charge < -0.3 is 10.6 Å². The number of anilines is 1. The van der Waals surface area contributed by atoms with E-state index in [1.54, 1.807) is 12.1 Å². The molecule has 0 unspecified atom stereocenters. The maximum absolute atomic E-state index is 11.8. The van der Waals surface area contributed by atoms with Crippen LogP contribution < -0.4 is 21.8 Å². The van der Waals surface area contributed by atoms with Gasteiger partial charge in [-0.2, -0.15) is 0 Å². The average Bonchev–Trinajstić information content (AvgIpc) is 3.18. The number of fused-ring (bicyclic) bond motifs is 1. The maximum Gasteiger partial charge on any atom is 0.319 e. The normalized spacial score (nSPS) is 14.3. The number of nitrogens with one attached hydrogen (secondary N) is 4. The van der Waals surface area contributed by atoms with Gasteiger partial charge in [-0.05, 0) is 25.0 Å². The molecule has 7 nitrogen and oxygen atoms in total. The van der Waals surface area contributed by atoms with E-state index in [4.69, 9.17) is 0 Å². The Morgan fingerprint density at radius 3 is 2.63 bits per heavy atom. The van der Waals surface area contributed by atoms with E-state index in [1.165, 1.54) is 6.07 Å². The molecule has 1 aliphatic carbocycles. The molecule has 0 aliphatic heterocycles. The van der Waals surface area contributed by atoms with Crippen molar-refractivity contribution in [3.8, 4) is 0 Å². The van der Waals surface area contributed by atoms with Crippen molar-refractivity contribution in [2.45, 2.75) is 18.9 Å². The molecular formula is C12H12N4O3. The van der Waals surface area contributed by atoms with E-state index >= 15 is 0 Å². The van der Waals surface area contributed by atoms with Crippen LogP contribution in [-0.2, 0) is 0 Å². The van der Waals surface area contributed by atoms with E-state index in [0.29, 0.717) is 5.69 Å². The number of aromatic amines is 2. The molecule has 0 atom stereocenters. The van der Waals surface area contributed by atoms with Crippen LogP contribution in [0.15, 0.2) is 27.8 Å².